The highest BCUT2D eigenvalue weighted by Crippen LogP contribution is 2.55. The number of carbonyl (C=O) groups is 2. The first-order valence-corrected chi connectivity index (χ1v) is 12.2. The van der Waals surface area contributed by atoms with Gasteiger partial charge in [0.2, 0.25) is 0 Å². The molecular formula is C26H23F2N3O4S. The number of nitrogens with one attached hydrogen (secondary N) is 1. The zero-order valence-corrected chi connectivity index (χ0v) is 20.4. The van der Waals surface area contributed by atoms with Crippen LogP contribution in [0.25, 0.3) is 0 Å². The lowest BCUT2D eigenvalue weighted by Gasteiger charge is -2.33. The van der Waals surface area contributed by atoms with Crippen molar-refractivity contribution < 1.29 is 27.8 Å². The van der Waals surface area contributed by atoms with E-state index in [1.807, 2.05) is 0 Å². The van der Waals surface area contributed by atoms with Gasteiger partial charge in [-0.15, -0.1) is 11.8 Å². The number of benzene rings is 3. The van der Waals surface area contributed by atoms with Crippen molar-refractivity contribution in [2.24, 2.45) is 0 Å². The zero-order chi connectivity index (χ0) is 25.4. The second-order valence-electron chi connectivity index (χ2n) is 8.28. The Bertz CT molecular complexity index is 1320. The van der Waals surface area contributed by atoms with E-state index in [0.717, 1.165) is 12.1 Å². The quantitative estimate of drug-likeness (QED) is 0.524. The summed E-state index contributed by atoms with van der Waals surface area (Å²) >= 11 is 1.31. The van der Waals surface area contributed by atoms with Crippen LogP contribution in [0, 0.1) is 11.6 Å². The predicted octanol–water partition coefficient (Wildman–Crippen LogP) is 4.96. The van der Waals surface area contributed by atoms with Gasteiger partial charge in [-0.2, -0.15) is 0 Å². The lowest BCUT2D eigenvalue weighted by atomic mass is 10.1. The summed E-state index contributed by atoms with van der Waals surface area (Å²) in [5.41, 5.74) is 1.33. The van der Waals surface area contributed by atoms with Crippen LogP contribution in [0.1, 0.15) is 11.1 Å². The number of carbonyl (C=O) groups excluding carboxylic acids is 2. The smallest absolute Gasteiger partial charge is 0.323 e. The van der Waals surface area contributed by atoms with E-state index in [0.29, 0.717) is 40.7 Å². The topological polar surface area (TPSA) is 71.1 Å². The Kier molecular flexibility index (Phi) is 6.21. The standard InChI is InChI=1S/C26H23F2N3O4S/c1-34-17-8-6-16(7-9-17)29-25(33)31-12-13-36-26(31)20-14-18(35-2)10-11-23(20)30(24(26)32)15-19-21(27)4-3-5-22(19)28/h3-11,14H,12-13,15H2,1-2H3,(H,29,33)/t26-/m1/s1. The van der Waals surface area contributed by atoms with Crippen molar-refractivity contribution in [3.63, 3.8) is 0 Å². The van der Waals surface area contributed by atoms with Crippen LogP contribution in [0.2, 0.25) is 0 Å². The lowest BCUT2D eigenvalue weighted by Crippen LogP contribution is -2.51. The summed E-state index contributed by atoms with van der Waals surface area (Å²) in [6.07, 6.45) is 0. The number of ether oxygens (including phenoxy) is 2. The van der Waals surface area contributed by atoms with E-state index in [1.54, 1.807) is 49.6 Å². The molecule has 2 aliphatic rings. The lowest BCUT2D eigenvalue weighted by molar-refractivity contribution is -0.123. The Morgan fingerprint density at radius 1 is 1.03 bits per heavy atom. The summed E-state index contributed by atoms with van der Waals surface area (Å²) in [5, 5.41) is 2.85. The molecule has 0 saturated carbocycles. The molecule has 1 saturated heterocycles. The molecule has 2 aliphatic heterocycles. The van der Waals surface area contributed by atoms with Crippen LogP contribution >= 0.6 is 11.8 Å². The molecule has 186 valence electrons. The first-order chi connectivity index (χ1) is 17.4. The second kappa shape index (κ2) is 9.34. The van der Waals surface area contributed by atoms with Gasteiger partial charge in [-0.05, 0) is 54.6 Å². The minimum Gasteiger partial charge on any atom is -0.497 e. The monoisotopic (exact) mass is 511 g/mol. The fourth-order valence-corrected chi connectivity index (χ4v) is 6.04. The van der Waals surface area contributed by atoms with Gasteiger partial charge in [0, 0.05) is 29.1 Å². The van der Waals surface area contributed by atoms with Crippen molar-refractivity contribution in [3.8, 4) is 11.5 Å². The van der Waals surface area contributed by atoms with Gasteiger partial charge in [0.15, 0.2) is 4.87 Å². The number of rotatable bonds is 5. The maximum Gasteiger partial charge on any atom is 0.323 e. The number of urea groups is 1. The maximum atomic E-state index is 14.5. The highest BCUT2D eigenvalue weighted by molar-refractivity contribution is 8.01. The largest absolute Gasteiger partial charge is 0.497 e. The number of nitrogens with zero attached hydrogens (tertiary/aromatic N) is 2. The van der Waals surface area contributed by atoms with Crippen molar-refractivity contribution in [3.05, 3.63) is 83.4 Å². The molecule has 0 unspecified atom stereocenters. The van der Waals surface area contributed by atoms with E-state index in [9.17, 15) is 18.4 Å². The van der Waals surface area contributed by atoms with E-state index in [-0.39, 0.29) is 12.1 Å². The molecule has 36 heavy (non-hydrogen) atoms. The van der Waals surface area contributed by atoms with E-state index < -0.39 is 28.4 Å². The molecule has 2 heterocycles. The number of halogens is 2. The summed E-state index contributed by atoms with van der Waals surface area (Å²) in [6.45, 7) is -0.0101. The van der Waals surface area contributed by atoms with Crippen molar-refractivity contribution in [2.45, 2.75) is 11.4 Å². The maximum absolute atomic E-state index is 14.5. The molecule has 7 nitrogen and oxygen atoms in total. The fourth-order valence-electron chi connectivity index (χ4n) is 4.59. The second-order valence-corrected chi connectivity index (χ2v) is 9.57. The Labute approximate surface area is 211 Å². The van der Waals surface area contributed by atoms with Crippen LogP contribution in [-0.4, -0.2) is 43.4 Å². The molecule has 0 aromatic heterocycles. The van der Waals surface area contributed by atoms with Crippen LogP contribution < -0.4 is 19.7 Å². The van der Waals surface area contributed by atoms with Crippen LogP contribution in [0.15, 0.2) is 60.7 Å². The van der Waals surface area contributed by atoms with Gasteiger partial charge >= 0.3 is 6.03 Å². The summed E-state index contributed by atoms with van der Waals surface area (Å²) in [6, 6.07) is 15.0. The first kappa shape index (κ1) is 23.9. The number of amides is 3. The Morgan fingerprint density at radius 2 is 1.69 bits per heavy atom. The third-order valence-electron chi connectivity index (χ3n) is 6.36. The number of hydrogen-bond donors (Lipinski definition) is 1. The van der Waals surface area contributed by atoms with Gasteiger partial charge in [0.1, 0.15) is 23.1 Å². The molecule has 1 spiro atoms. The zero-order valence-electron chi connectivity index (χ0n) is 19.6. The minimum atomic E-state index is -1.40. The van der Waals surface area contributed by atoms with Gasteiger partial charge in [0.05, 0.1) is 26.5 Å². The summed E-state index contributed by atoms with van der Waals surface area (Å²) in [7, 11) is 3.06. The molecule has 0 aliphatic carbocycles. The number of thioether (sulfide) groups is 1. The van der Waals surface area contributed by atoms with Crippen LogP contribution in [0.3, 0.4) is 0 Å². The Balaban J connectivity index is 1.54. The molecule has 0 radical (unpaired) electrons. The third-order valence-corrected chi connectivity index (χ3v) is 7.78. The average molecular weight is 512 g/mol. The van der Waals surface area contributed by atoms with Crippen LogP contribution in [0.5, 0.6) is 11.5 Å². The Morgan fingerprint density at radius 3 is 2.36 bits per heavy atom. The number of fused-ring (bicyclic) bond motifs is 2. The number of methoxy groups -OCH3 is 2. The van der Waals surface area contributed by atoms with Gasteiger partial charge in [-0.25, -0.2) is 13.6 Å². The van der Waals surface area contributed by atoms with Crippen molar-refractivity contribution in [2.75, 3.05) is 36.7 Å². The molecule has 3 aromatic rings. The molecule has 3 aromatic carbocycles. The van der Waals surface area contributed by atoms with Crippen LogP contribution in [-0.2, 0) is 16.2 Å². The van der Waals surface area contributed by atoms with Crippen molar-refractivity contribution in [1.29, 1.82) is 0 Å². The molecule has 5 rings (SSSR count). The molecular weight excluding hydrogens is 488 g/mol. The number of anilines is 2. The van der Waals surface area contributed by atoms with Gasteiger partial charge < -0.3 is 19.7 Å². The summed E-state index contributed by atoms with van der Waals surface area (Å²) in [5.74, 6) is -0.285. The molecule has 0 bridgehead atoms. The highest BCUT2D eigenvalue weighted by Gasteiger charge is 2.59. The fraction of sp³-hybridized carbons (Fsp3) is 0.231. The minimum absolute atomic E-state index is 0.220. The third kappa shape index (κ3) is 3.81. The average Bonchev–Trinajstić information content (AvgIpc) is 3.43. The molecule has 1 fully saturated rings. The van der Waals surface area contributed by atoms with Gasteiger partial charge in [-0.3, -0.25) is 9.69 Å². The first-order valence-electron chi connectivity index (χ1n) is 11.2. The van der Waals surface area contributed by atoms with Gasteiger partial charge in [-0.1, -0.05) is 6.07 Å². The summed E-state index contributed by atoms with van der Waals surface area (Å²) < 4.78 is 39.6. The van der Waals surface area contributed by atoms with Crippen LogP contribution in [0.4, 0.5) is 25.0 Å². The molecule has 10 heteroatoms. The number of hydrogen-bond acceptors (Lipinski definition) is 5. The molecule has 1 atom stereocenters. The molecule has 3 amide bonds. The Hall–Kier alpha value is -3.79. The van der Waals surface area contributed by atoms with Gasteiger partial charge in [0.25, 0.3) is 5.91 Å². The summed E-state index contributed by atoms with van der Waals surface area (Å²) in [4.78, 5) is 28.9. The van der Waals surface area contributed by atoms with E-state index >= 15 is 0 Å². The highest BCUT2D eigenvalue weighted by atomic mass is 32.2. The predicted molar refractivity (Wildman–Crippen MR) is 133 cm³/mol. The SMILES string of the molecule is COc1ccc(NC(=O)N2CCS[C@]23C(=O)N(Cc2c(F)cccc2F)c2ccc(OC)cc23)cc1. The molecule has 1 N–H and O–H groups in total. The van der Waals surface area contributed by atoms with E-state index in [2.05, 4.69) is 5.32 Å². The van der Waals surface area contributed by atoms with E-state index in [1.165, 1.54) is 34.7 Å². The van der Waals surface area contributed by atoms with Crippen molar-refractivity contribution >= 4 is 35.1 Å². The normalized spacial score (nSPS) is 18.5. The van der Waals surface area contributed by atoms with E-state index in [4.69, 9.17) is 9.47 Å². The van der Waals surface area contributed by atoms with Crippen molar-refractivity contribution in [1.82, 2.24) is 4.90 Å².